The van der Waals surface area contributed by atoms with E-state index in [1.54, 1.807) is 18.0 Å². The summed E-state index contributed by atoms with van der Waals surface area (Å²) in [5.74, 6) is -1.32. The molecule has 0 aliphatic heterocycles. The topological polar surface area (TPSA) is 53.4 Å². The van der Waals surface area contributed by atoms with Crippen molar-refractivity contribution in [2.24, 2.45) is 0 Å². The molecule has 0 fully saturated rings. The van der Waals surface area contributed by atoms with Crippen molar-refractivity contribution in [2.45, 2.75) is 6.54 Å². The van der Waals surface area contributed by atoms with Gasteiger partial charge in [-0.25, -0.2) is 9.18 Å². The molecule has 5 nitrogen and oxygen atoms in total. The third kappa shape index (κ3) is 2.33. The van der Waals surface area contributed by atoms with E-state index in [4.69, 9.17) is 4.74 Å². The Kier molecular flexibility index (Phi) is 3.57. The van der Waals surface area contributed by atoms with Gasteiger partial charge in [-0.3, -0.25) is 4.68 Å². The molecule has 96 valence electrons. The van der Waals surface area contributed by atoms with Crippen LogP contribution in [0.25, 0.3) is 10.9 Å². The fourth-order valence-electron chi connectivity index (χ4n) is 1.66. The zero-order valence-electron chi connectivity index (χ0n) is 10.1. The molecule has 1 aromatic heterocycles. The summed E-state index contributed by atoms with van der Waals surface area (Å²) in [7, 11) is 2.81. The molecule has 0 spiro atoms. The maximum Gasteiger partial charge on any atom is 0.340 e. The van der Waals surface area contributed by atoms with Crippen LogP contribution in [0.3, 0.4) is 0 Å². The molecule has 1 heterocycles. The highest BCUT2D eigenvalue weighted by Crippen LogP contribution is 2.18. The molecule has 2 rings (SSSR count). The van der Waals surface area contributed by atoms with E-state index in [0.29, 0.717) is 24.1 Å². The van der Waals surface area contributed by atoms with E-state index in [9.17, 15) is 9.18 Å². The summed E-state index contributed by atoms with van der Waals surface area (Å²) in [6.07, 6.45) is 1.71. The van der Waals surface area contributed by atoms with Gasteiger partial charge in [-0.15, -0.1) is 0 Å². The van der Waals surface area contributed by atoms with Crippen LogP contribution < -0.4 is 0 Å². The maximum atomic E-state index is 13.7. The van der Waals surface area contributed by atoms with Gasteiger partial charge in [-0.1, -0.05) is 0 Å². The van der Waals surface area contributed by atoms with Gasteiger partial charge in [-0.2, -0.15) is 5.10 Å². The molecule has 0 radical (unpaired) electrons. The molecule has 6 heteroatoms. The molecular weight excluding hydrogens is 239 g/mol. The van der Waals surface area contributed by atoms with Crippen molar-refractivity contribution in [2.75, 3.05) is 20.8 Å². The highest BCUT2D eigenvalue weighted by atomic mass is 19.1. The van der Waals surface area contributed by atoms with Crippen LogP contribution in [0.1, 0.15) is 10.4 Å². The number of esters is 1. The molecule has 0 aliphatic rings. The average molecular weight is 252 g/mol. The van der Waals surface area contributed by atoms with Crippen molar-refractivity contribution in [1.29, 1.82) is 0 Å². The van der Waals surface area contributed by atoms with Crippen LogP contribution in [0.2, 0.25) is 0 Å². The predicted octanol–water partition coefficient (Wildman–Crippen LogP) is 1.61. The van der Waals surface area contributed by atoms with E-state index < -0.39 is 11.8 Å². The van der Waals surface area contributed by atoms with Crippen molar-refractivity contribution in [1.82, 2.24) is 9.78 Å². The number of carbonyl (C=O) groups excluding carboxylic acids is 1. The number of fused-ring (bicyclic) bond motifs is 1. The van der Waals surface area contributed by atoms with Gasteiger partial charge < -0.3 is 9.47 Å². The Morgan fingerprint density at radius 1 is 1.44 bits per heavy atom. The van der Waals surface area contributed by atoms with Crippen LogP contribution in [0.4, 0.5) is 4.39 Å². The van der Waals surface area contributed by atoms with Crippen molar-refractivity contribution < 1.29 is 18.7 Å². The van der Waals surface area contributed by atoms with Crippen LogP contribution >= 0.6 is 0 Å². The zero-order chi connectivity index (χ0) is 13.1. The Morgan fingerprint density at radius 2 is 2.22 bits per heavy atom. The minimum atomic E-state index is -0.708. The molecule has 0 saturated heterocycles. The van der Waals surface area contributed by atoms with Crippen LogP contribution in [-0.4, -0.2) is 36.6 Å². The standard InChI is InChI=1S/C12H13FN2O3/c1-17-4-3-15-7-8-5-10(13)9(12(16)18-2)6-11(8)14-15/h5-7H,3-4H2,1-2H3. The van der Waals surface area contributed by atoms with Crippen molar-refractivity contribution >= 4 is 16.9 Å². The van der Waals surface area contributed by atoms with E-state index in [2.05, 4.69) is 9.84 Å². The molecule has 1 aromatic carbocycles. The lowest BCUT2D eigenvalue weighted by molar-refractivity contribution is 0.0595. The first-order valence-corrected chi connectivity index (χ1v) is 5.39. The number of rotatable bonds is 4. The summed E-state index contributed by atoms with van der Waals surface area (Å²) in [4.78, 5) is 11.3. The van der Waals surface area contributed by atoms with E-state index in [0.717, 1.165) is 0 Å². The summed E-state index contributed by atoms with van der Waals surface area (Å²) < 4.78 is 24.7. The Hall–Kier alpha value is -1.95. The second-order valence-corrected chi connectivity index (χ2v) is 3.77. The van der Waals surface area contributed by atoms with E-state index in [1.165, 1.54) is 19.2 Å². The van der Waals surface area contributed by atoms with Gasteiger partial charge in [0.15, 0.2) is 0 Å². The lowest BCUT2D eigenvalue weighted by Gasteiger charge is -2.00. The van der Waals surface area contributed by atoms with Gasteiger partial charge in [0.05, 0.1) is 31.3 Å². The van der Waals surface area contributed by atoms with Crippen LogP contribution in [0.15, 0.2) is 18.3 Å². The summed E-state index contributed by atoms with van der Waals surface area (Å²) >= 11 is 0. The third-order valence-electron chi connectivity index (χ3n) is 2.57. The molecule has 0 amide bonds. The Labute approximate surface area is 103 Å². The number of aromatic nitrogens is 2. The SMILES string of the molecule is COCCn1cc2cc(F)c(C(=O)OC)cc2n1. The molecule has 0 aliphatic carbocycles. The monoisotopic (exact) mass is 252 g/mol. The third-order valence-corrected chi connectivity index (χ3v) is 2.57. The zero-order valence-corrected chi connectivity index (χ0v) is 10.1. The summed E-state index contributed by atoms with van der Waals surface area (Å²) in [5, 5.41) is 4.87. The minimum absolute atomic E-state index is 0.109. The van der Waals surface area contributed by atoms with Gasteiger partial charge in [-0.05, 0) is 12.1 Å². The molecule has 0 atom stereocenters. The Morgan fingerprint density at radius 3 is 2.89 bits per heavy atom. The average Bonchev–Trinajstić information content (AvgIpc) is 2.76. The lowest BCUT2D eigenvalue weighted by atomic mass is 10.1. The first-order chi connectivity index (χ1) is 8.65. The number of benzene rings is 1. The molecule has 18 heavy (non-hydrogen) atoms. The predicted molar refractivity (Wildman–Crippen MR) is 62.9 cm³/mol. The second kappa shape index (κ2) is 5.14. The quantitative estimate of drug-likeness (QED) is 0.776. The summed E-state index contributed by atoms with van der Waals surface area (Å²) in [5.41, 5.74) is 0.440. The number of nitrogens with zero attached hydrogens (tertiary/aromatic N) is 2. The minimum Gasteiger partial charge on any atom is -0.465 e. The molecule has 0 N–H and O–H groups in total. The summed E-state index contributed by atoms with van der Waals surface area (Å²) in [6.45, 7) is 1.08. The van der Waals surface area contributed by atoms with Gasteiger partial charge in [0.2, 0.25) is 0 Å². The van der Waals surface area contributed by atoms with Crippen molar-refractivity contribution in [3.05, 3.63) is 29.7 Å². The summed E-state index contributed by atoms with van der Waals surface area (Å²) in [6, 6.07) is 2.66. The second-order valence-electron chi connectivity index (χ2n) is 3.77. The van der Waals surface area contributed by atoms with Gasteiger partial charge >= 0.3 is 5.97 Å². The molecule has 0 bridgehead atoms. The Bertz CT molecular complexity index is 580. The molecule has 0 unspecified atom stereocenters. The first-order valence-electron chi connectivity index (χ1n) is 5.39. The number of ether oxygens (including phenoxy) is 2. The van der Waals surface area contributed by atoms with Gasteiger partial charge in [0.25, 0.3) is 0 Å². The number of carbonyl (C=O) groups is 1. The number of halogens is 1. The highest BCUT2D eigenvalue weighted by molar-refractivity contribution is 5.94. The lowest BCUT2D eigenvalue weighted by Crippen LogP contribution is -2.04. The number of hydrogen-bond donors (Lipinski definition) is 0. The van der Waals surface area contributed by atoms with Crippen molar-refractivity contribution in [3.63, 3.8) is 0 Å². The van der Waals surface area contributed by atoms with E-state index in [1.807, 2.05) is 0 Å². The van der Waals surface area contributed by atoms with Crippen LogP contribution in [0.5, 0.6) is 0 Å². The van der Waals surface area contributed by atoms with Crippen LogP contribution in [-0.2, 0) is 16.0 Å². The fraction of sp³-hybridized carbons (Fsp3) is 0.333. The van der Waals surface area contributed by atoms with Gasteiger partial charge in [0, 0.05) is 18.7 Å². The van der Waals surface area contributed by atoms with E-state index >= 15 is 0 Å². The smallest absolute Gasteiger partial charge is 0.340 e. The molecule has 2 aromatic rings. The van der Waals surface area contributed by atoms with Crippen molar-refractivity contribution in [3.8, 4) is 0 Å². The molecule has 0 saturated carbocycles. The maximum absolute atomic E-state index is 13.7. The highest BCUT2D eigenvalue weighted by Gasteiger charge is 2.14. The Balaban J connectivity index is 2.41. The van der Waals surface area contributed by atoms with Gasteiger partial charge in [0.1, 0.15) is 5.82 Å². The number of methoxy groups -OCH3 is 2. The number of hydrogen-bond acceptors (Lipinski definition) is 4. The van der Waals surface area contributed by atoms with E-state index in [-0.39, 0.29) is 5.56 Å². The first kappa shape index (κ1) is 12.5. The fourth-order valence-corrected chi connectivity index (χ4v) is 1.66. The molecular formula is C12H13FN2O3. The normalized spacial score (nSPS) is 10.8. The van der Waals surface area contributed by atoms with Crippen LogP contribution in [0, 0.1) is 5.82 Å². The largest absolute Gasteiger partial charge is 0.465 e.